The van der Waals surface area contributed by atoms with E-state index in [1.165, 1.54) is 0 Å². The van der Waals surface area contributed by atoms with Gasteiger partial charge in [-0.3, -0.25) is 0 Å². The smallest absolute Gasteiger partial charge is 0.654 e. The van der Waals surface area contributed by atoms with E-state index < -0.39 is 0 Å². The maximum absolute atomic E-state index is 6.64. The van der Waals surface area contributed by atoms with Gasteiger partial charge in [-0.2, -0.15) is 0 Å². The molecule has 3 aromatic heterocycles. The van der Waals surface area contributed by atoms with Crippen LogP contribution in [0.25, 0.3) is 68.6 Å². The molecular formula is C46H32CuN4O4. The summed E-state index contributed by atoms with van der Waals surface area (Å²) >= 11 is 0. The van der Waals surface area contributed by atoms with Gasteiger partial charge < -0.3 is 28.9 Å². The second kappa shape index (κ2) is 15.3. The Morgan fingerprint density at radius 3 is 1.16 bits per heavy atom. The van der Waals surface area contributed by atoms with E-state index in [9.17, 15) is 0 Å². The molecule has 0 atom stereocenters. The second-order valence-electron chi connectivity index (χ2n) is 12.6. The van der Waals surface area contributed by atoms with Gasteiger partial charge in [-0.25, -0.2) is 9.97 Å². The largest absolute Gasteiger partial charge is 2.00 e. The second-order valence-corrected chi connectivity index (χ2v) is 12.6. The molecule has 8 nitrogen and oxygen atoms in total. The first-order valence-electron chi connectivity index (χ1n) is 17.4. The molecule has 55 heavy (non-hydrogen) atoms. The average molecular weight is 768 g/mol. The molecule has 9 heteroatoms. The Bertz CT molecular complexity index is 2580. The zero-order valence-electron chi connectivity index (χ0n) is 29.7. The van der Waals surface area contributed by atoms with Gasteiger partial charge in [0.25, 0.3) is 0 Å². The summed E-state index contributed by atoms with van der Waals surface area (Å²) in [6.07, 6.45) is 7.92. The van der Waals surface area contributed by atoms with Crippen molar-refractivity contribution >= 4 is 46.4 Å². The number of aromatic nitrogens is 4. The van der Waals surface area contributed by atoms with E-state index in [1.54, 1.807) is 14.2 Å². The Labute approximate surface area is 328 Å². The van der Waals surface area contributed by atoms with Crippen LogP contribution in [-0.4, -0.2) is 24.2 Å². The molecule has 2 aliphatic rings. The Balaban J connectivity index is 0.00000427. The van der Waals surface area contributed by atoms with Gasteiger partial charge in [-0.05, 0) is 95.1 Å². The molecule has 7 aromatic rings. The Hall–Kier alpha value is -6.80. The molecule has 1 radical (unpaired) electrons. The summed E-state index contributed by atoms with van der Waals surface area (Å²) in [5.74, 6) is 3.74. The third-order valence-corrected chi connectivity index (χ3v) is 9.20. The summed E-state index contributed by atoms with van der Waals surface area (Å²) in [6, 6.07) is 43.1. The van der Waals surface area contributed by atoms with E-state index in [4.69, 9.17) is 38.9 Å². The number of rotatable bonds is 8. The van der Waals surface area contributed by atoms with E-state index in [0.717, 1.165) is 56.2 Å². The maximum Gasteiger partial charge on any atom is 2.00 e. The van der Waals surface area contributed by atoms with Gasteiger partial charge >= 0.3 is 17.1 Å². The summed E-state index contributed by atoms with van der Waals surface area (Å²) < 4.78 is 24.1. The number of fused-ring (bicyclic) bond motifs is 8. The molecule has 0 fully saturated rings. The Morgan fingerprint density at radius 2 is 0.745 bits per heavy atom. The predicted molar refractivity (Wildman–Crippen MR) is 214 cm³/mol. The molecule has 0 amide bonds. The monoisotopic (exact) mass is 767 g/mol. The fraction of sp³-hybridized carbons (Fsp3) is 0.0435. The van der Waals surface area contributed by atoms with Crippen LogP contribution in [0.4, 0.5) is 0 Å². The number of benzene rings is 4. The SMILES string of the molecule is COc1ccc(Oc2c3nc(c(-c4ccccc4)c4ccc([n-]4)c(Oc4ccc(OC)cc4)c4ccc([n-]4)c(-c4ccccc4)c4nc2C=C4)C=C3)cc1.[Cu+2]. The molecule has 0 spiro atoms. The number of hydrogen-bond acceptors (Lipinski definition) is 6. The summed E-state index contributed by atoms with van der Waals surface area (Å²) in [4.78, 5) is 20.8. The summed E-state index contributed by atoms with van der Waals surface area (Å²) in [5, 5.41) is 0. The molecule has 0 N–H and O–H groups in total. The Morgan fingerprint density at radius 1 is 0.382 bits per heavy atom. The van der Waals surface area contributed by atoms with Crippen LogP contribution in [0.5, 0.6) is 34.5 Å². The van der Waals surface area contributed by atoms with E-state index >= 15 is 0 Å². The fourth-order valence-electron chi connectivity index (χ4n) is 6.57. The predicted octanol–water partition coefficient (Wildman–Crippen LogP) is 10.8. The van der Waals surface area contributed by atoms with Gasteiger partial charge in [-0.15, -0.1) is 11.0 Å². The standard InChI is InChI=1S/C46H32N4O4.Cu/c1-51-31-13-17-33(18-14-31)53-45-39-25-21-35(47-39)43(29-9-5-3-6-10-29)37-23-27-41(49-37)46(54-34-19-15-32(52-2)16-20-34)42-28-24-38(50-42)44(30-11-7-4-8-12-30)36-22-26-40(45)48-36;/h3-28H,1-2H3;/q-2;+2. The molecule has 0 unspecified atom stereocenters. The van der Waals surface area contributed by atoms with Crippen LogP contribution in [0, 0.1) is 0 Å². The number of ether oxygens (including phenoxy) is 4. The van der Waals surface area contributed by atoms with E-state index in [2.05, 4.69) is 24.3 Å². The quantitative estimate of drug-likeness (QED) is 0.141. The van der Waals surface area contributed by atoms with Gasteiger partial charge in [0.1, 0.15) is 34.4 Å². The van der Waals surface area contributed by atoms with Crippen LogP contribution in [0.15, 0.2) is 133 Å². The minimum Gasteiger partial charge on any atom is -0.654 e. The van der Waals surface area contributed by atoms with Gasteiger partial charge in [0, 0.05) is 0 Å². The molecule has 5 heterocycles. The molecule has 0 saturated heterocycles. The van der Waals surface area contributed by atoms with Crippen LogP contribution >= 0.6 is 0 Å². The van der Waals surface area contributed by atoms with E-state index in [-0.39, 0.29) is 17.1 Å². The average Bonchev–Trinajstić information content (AvgIpc) is 4.07. The van der Waals surface area contributed by atoms with Crippen molar-refractivity contribution in [2.75, 3.05) is 14.2 Å². The van der Waals surface area contributed by atoms with E-state index in [0.29, 0.717) is 45.4 Å². The summed E-state index contributed by atoms with van der Waals surface area (Å²) in [5.41, 5.74) is 9.10. The van der Waals surface area contributed by atoms with Crippen LogP contribution < -0.4 is 28.9 Å². The maximum atomic E-state index is 6.64. The minimum atomic E-state index is 0. The van der Waals surface area contributed by atoms with Crippen molar-refractivity contribution < 1.29 is 36.0 Å². The number of hydrogen-bond donors (Lipinski definition) is 0. The first-order chi connectivity index (χ1) is 26.6. The third-order valence-electron chi connectivity index (χ3n) is 9.20. The zero-order valence-corrected chi connectivity index (χ0v) is 30.7. The van der Waals surface area contributed by atoms with Crippen LogP contribution in [0.1, 0.15) is 22.8 Å². The van der Waals surface area contributed by atoms with Crippen molar-refractivity contribution in [3.05, 3.63) is 156 Å². The molecule has 0 saturated carbocycles. The normalized spacial score (nSPS) is 11.5. The molecule has 4 aromatic carbocycles. The van der Waals surface area contributed by atoms with Crippen molar-refractivity contribution in [1.82, 2.24) is 19.9 Å². The van der Waals surface area contributed by atoms with E-state index in [1.807, 2.05) is 133 Å². The fourth-order valence-corrected chi connectivity index (χ4v) is 6.57. The van der Waals surface area contributed by atoms with Crippen LogP contribution in [-0.2, 0) is 17.1 Å². The molecule has 271 valence electrons. The number of methoxy groups -OCH3 is 2. The van der Waals surface area contributed by atoms with Crippen molar-refractivity contribution in [3.63, 3.8) is 0 Å². The molecule has 2 aliphatic heterocycles. The van der Waals surface area contributed by atoms with Crippen molar-refractivity contribution in [3.8, 4) is 56.8 Å². The van der Waals surface area contributed by atoms with Gasteiger partial charge in [0.05, 0.1) is 31.4 Å². The molecular weight excluding hydrogens is 736 g/mol. The minimum absolute atomic E-state index is 0. The van der Waals surface area contributed by atoms with Crippen LogP contribution in [0.3, 0.4) is 0 Å². The molecule has 8 bridgehead atoms. The van der Waals surface area contributed by atoms with Gasteiger partial charge in [-0.1, -0.05) is 96.0 Å². The summed E-state index contributed by atoms with van der Waals surface area (Å²) in [6.45, 7) is 0. The first kappa shape index (κ1) is 35.2. The topological polar surface area (TPSA) is 90.9 Å². The van der Waals surface area contributed by atoms with Crippen molar-refractivity contribution in [2.45, 2.75) is 0 Å². The summed E-state index contributed by atoms with van der Waals surface area (Å²) in [7, 11) is 3.28. The number of nitrogens with zero attached hydrogens (tertiary/aromatic N) is 4. The van der Waals surface area contributed by atoms with Gasteiger partial charge in [0.15, 0.2) is 5.75 Å². The van der Waals surface area contributed by atoms with Crippen molar-refractivity contribution in [2.24, 2.45) is 0 Å². The van der Waals surface area contributed by atoms with Crippen molar-refractivity contribution in [1.29, 1.82) is 0 Å². The van der Waals surface area contributed by atoms with Crippen LogP contribution in [0.2, 0.25) is 0 Å². The Kier molecular flexibility index (Phi) is 9.79. The molecule has 0 aliphatic carbocycles. The first-order valence-corrected chi connectivity index (χ1v) is 17.4. The third kappa shape index (κ3) is 7.02. The zero-order chi connectivity index (χ0) is 36.4. The van der Waals surface area contributed by atoms with Gasteiger partial charge in [0.2, 0.25) is 0 Å². The molecule has 9 rings (SSSR count).